The Hall–Kier alpha value is -1.32. The minimum absolute atomic E-state index is 0.133. The third-order valence-corrected chi connectivity index (χ3v) is 3.86. The highest BCUT2D eigenvalue weighted by molar-refractivity contribution is 9.10. The van der Waals surface area contributed by atoms with Gasteiger partial charge in [-0.15, -0.1) is 0 Å². The molecule has 0 bridgehead atoms. The molecule has 2 aromatic rings. The van der Waals surface area contributed by atoms with Crippen LogP contribution >= 0.6 is 15.9 Å². The zero-order chi connectivity index (χ0) is 15.2. The maximum Gasteiger partial charge on any atom is 0.124 e. The first-order valence-corrected chi connectivity index (χ1v) is 8.17. The van der Waals surface area contributed by atoms with Crippen molar-refractivity contribution >= 4 is 15.9 Å². The Morgan fingerprint density at radius 1 is 1.14 bits per heavy atom. The smallest absolute Gasteiger partial charge is 0.124 e. The molecule has 0 fully saturated rings. The standard InChI is InChI=1S/C18H22BrNO/c1-4-20-18(14-7-6-8-15(19)12-14)16-11-13(3)9-10-17(16)21-5-2/h6-12,18,20H,4-5H2,1-3H3. The first kappa shape index (κ1) is 16.1. The summed E-state index contributed by atoms with van der Waals surface area (Å²) in [5.41, 5.74) is 3.67. The average molecular weight is 348 g/mol. The summed E-state index contributed by atoms with van der Waals surface area (Å²) in [5, 5.41) is 3.57. The van der Waals surface area contributed by atoms with E-state index in [-0.39, 0.29) is 6.04 Å². The van der Waals surface area contributed by atoms with Crippen LogP contribution in [0.25, 0.3) is 0 Å². The SMILES string of the molecule is CCNC(c1cccc(Br)c1)c1cc(C)ccc1OCC. The molecule has 2 aromatic carbocycles. The van der Waals surface area contributed by atoms with E-state index >= 15 is 0 Å². The van der Waals surface area contributed by atoms with Crippen LogP contribution < -0.4 is 10.1 Å². The molecular formula is C18H22BrNO. The second-order valence-electron chi connectivity index (χ2n) is 5.02. The summed E-state index contributed by atoms with van der Waals surface area (Å²) in [5.74, 6) is 0.953. The van der Waals surface area contributed by atoms with Gasteiger partial charge < -0.3 is 10.1 Å². The quantitative estimate of drug-likeness (QED) is 0.805. The van der Waals surface area contributed by atoms with Gasteiger partial charge in [-0.1, -0.05) is 52.7 Å². The Labute approximate surface area is 135 Å². The van der Waals surface area contributed by atoms with Crippen molar-refractivity contribution in [2.24, 2.45) is 0 Å². The maximum atomic E-state index is 5.82. The first-order chi connectivity index (χ1) is 10.2. The van der Waals surface area contributed by atoms with Crippen LogP contribution in [0, 0.1) is 6.92 Å². The highest BCUT2D eigenvalue weighted by Gasteiger charge is 2.18. The summed E-state index contributed by atoms with van der Waals surface area (Å²) in [4.78, 5) is 0. The molecule has 21 heavy (non-hydrogen) atoms. The largest absolute Gasteiger partial charge is 0.494 e. The van der Waals surface area contributed by atoms with Crippen LogP contribution in [0.5, 0.6) is 5.75 Å². The Balaban J connectivity index is 2.49. The number of nitrogens with one attached hydrogen (secondary N) is 1. The monoisotopic (exact) mass is 347 g/mol. The van der Waals surface area contributed by atoms with Gasteiger partial charge in [0, 0.05) is 10.0 Å². The van der Waals surface area contributed by atoms with E-state index in [1.807, 2.05) is 13.0 Å². The van der Waals surface area contributed by atoms with Crippen molar-refractivity contribution in [1.29, 1.82) is 0 Å². The molecule has 0 aliphatic rings. The lowest BCUT2D eigenvalue weighted by atomic mass is 9.96. The lowest BCUT2D eigenvalue weighted by Gasteiger charge is -2.22. The molecule has 0 amide bonds. The van der Waals surface area contributed by atoms with Crippen LogP contribution in [-0.2, 0) is 0 Å². The number of aryl methyl sites for hydroxylation is 1. The molecule has 2 nitrogen and oxygen atoms in total. The Morgan fingerprint density at radius 3 is 2.62 bits per heavy atom. The highest BCUT2D eigenvalue weighted by atomic mass is 79.9. The first-order valence-electron chi connectivity index (χ1n) is 7.37. The Kier molecular flexibility index (Phi) is 5.83. The zero-order valence-electron chi connectivity index (χ0n) is 12.8. The molecule has 0 saturated carbocycles. The van der Waals surface area contributed by atoms with Gasteiger partial charge in [0.2, 0.25) is 0 Å². The van der Waals surface area contributed by atoms with Crippen LogP contribution in [0.1, 0.15) is 36.6 Å². The van der Waals surface area contributed by atoms with Crippen molar-refractivity contribution in [3.63, 3.8) is 0 Å². The molecule has 0 spiro atoms. The predicted octanol–water partition coefficient (Wildman–Crippen LogP) is 4.86. The van der Waals surface area contributed by atoms with Gasteiger partial charge in [0.05, 0.1) is 12.6 Å². The molecule has 112 valence electrons. The van der Waals surface area contributed by atoms with E-state index in [2.05, 4.69) is 71.5 Å². The van der Waals surface area contributed by atoms with E-state index in [0.717, 1.165) is 16.8 Å². The van der Waals surface area contributed by atoms with E-state index < -0.39 is 0 Å². The van der Waals surface area contributed by atoms with E-state index in [4.69, 9.17) is 4.74 Å². The molecule has 2 rings (SSSR count). The van der Waals surface area contributed by atoms with E-state index in [0.29, 0.717) is 6.61 Å². The number of rotatable bonds is 6. The lowest BCUT2D eigenvalue weighted by molar-refractivity contribution is 0.333. The zero-order valence-corrected chi connectivity index (χ0v) is 14.4. The van der Waals surface area contributed by atoms with Crippen molar-refractivity contribution in [3.8, 4) is 5.75 Å². The van der Waals surface area contributed by atoms with E-state index in [1.54, 1.807) is 0 Å². The summed E-state index contributed by atoms with van der Waals surface area (Å²) < 4.78 is 6.91. The number of hydrogen-bond donors (Lipinski definition) is 1. The fraction of sp³-hybridized carbons (Fsp3) is 0.333. The highest BCUT2D eigenvalue weighted by Crippen LogP contribution is 2.32. The Bertz CT molecular complexity index is 598. The molecule has 1 unspecified atom stereocenters. The van der Waals surface area contributed by atoms with E-state index in [1.165, 1.54) is 16.7 Å². The molecule has 0 aliphatic heterocycles. The van der Waals surface area contributed by atoms with Crippen molar-refractivity contribution in [1.82, 2.24) is 5.32 Å². The number of benzene rings is 2. The van der Waals surface area contributed by atoms with Gasteiger partial charge in [0.1, 0.15) is 5.75 Å². The fourth-order valence-corrected chi connectivity index (χ4v) is 2.90. The molecule has 3 heteroatoms. The summed E-state index contributed by atoms with van der Waals surface area (Å²) in [6.45, 7) is 7.83. The van der Waals surface area contributed by atoms with Crippen molar-refractivity contribution < 1.29 is 4.74 Å². The number of hydrogen-bond acceptors (Lipinski definition) is 2. The molecule has 0 aromatic heterocycles. The van der Waals surface area contributed by atoms with Crippen LogP contribution in [0.15, 0.2) is 46.9 Å². The van der Waals surface area contributed by atoms with Gasteiger partial charge >= 0.3 is 0 Å². The molecule has 0 heterocycles. The average Bonchev–Trinajstić information content (AvgIpc) is 2.47. The summed E-state index contributed by atoms with van der Waals surface area (Å²) >= 11 is 3.56. The summed E-state index contributed by atoms with van der Waals surface area (Å²) in [6.07, 6.45) is 0. The van der Waals surface area contributed by atoms with Gasteiger partial charge in [-0.3, -0.25) is 0 Å². The van der Waals surface area contributed by atoms with Crippen LogP contribution in [0.3, 0.4) is 0 Å². The second-order valence-corrected chi connectivity index (χ2v) is 5.94. The third kappa shape index (κ3) is 4.08. The Morgan fingerprint density at radius 2 is 1.95 bits per heavy atom. The van der Waals surface area contributed by atoms with Crippen molar-refractivity contribution in [3.05, 3.63) is 63.6 Å². The molecule has 0 saturated heterocycles. The third-order valence-electron chi connectivity index (χ3n) is 3.37. The second kappa shape index (κ2) is 7.62. The van der Waals surface area contributed by atoms with Gasteiger partial charge in [-0.05, 0) is 44.2 Å². The molecule has 0 aliphatic carbocycles. The van der Waals surface area contributed by atoms with Gasteiger partial charge in [0.25, 0.3) is 0 Å². The summed E-state index contributed by atoms with van der Waals surface area (Å²) in [7, 11) is 0. The maximum absolute atomic E-state index is 5.82. The normalized spacial score (nSPS) is 12.2. The molecule has 1 atom stereocenters. The summed E-state index contributed by atoms with van der Waals surface area (Å²) in [6, 6.07) is 14.9. The van der Waals surface area contributed by atoms with Gasteiger partial charge in [-0.25, -0.2) is 0 Å². The van der Waals surface area contributed by atoms with Gasteiger partial charge in [0.15, 0.2) is 0 Å². The van der Waals surface area contributed by atoms with Crippen molar-refractivity contribution in [2.45, 2.75) is 26.8 Å². The van der Waals surface area contributed by atoms with Crippen LogP contribution in [0.2, 0.25) is 0 Å². The topological polar surface area (TPSA) is 21.3 Å². The predicted molar refractivity (Wildman–Crippen MR) is 92.0 cm³/mol. The number of halogens is 1. The molecule has 0 radical (unpaired) electrons. The fourth-order valence-electron chi connectivity index (χ4n) is 2.48. The van der Waals surface area contributed by atoms with E-state index in [9.17, 15) is 0 Å². The van der Waals surface area contributed by atoms with Crippen LogP contribution in [0.4, 0.5) is 0 Å². The minimum Gasteiger partial charge on any atom is -0.494 e. The lowest BCUT2D eigenvalue weighted by Crippen LogP contribution is -2.22. The van der Waals surface area contributed by atoms with Gasteiger partial charge in [-0.2, -0.15) is 0 Å². The molecular weight excluding hydrogens is 326 g/mol. The van der Waals surface area contributed by atoms with Crippen molar-refractivity contribution in [2.75, 3.05) is 13.2 Å². The number of ether oxygens (including phenoxy) is 1. The minimum atomic E-state index is 0.133. The molecule has 1 N–H and O–H groups in total. The van der Waals surface area contributed by atoms with Crippen LogP contribution in [-0.4, -0.2) is 13.2 Å².